The molecule has 2 rings (SSSR count). The van der Waals surface area contributed by atoms with Crippen molar-refractivity contribution < 1.29 is 14.3 Å². The van der Waals surface area contributed by atoms with E-state index in [-0.39, 0.29) is 5.91 Å². The molecule has 2 aromatic carbocycles. The highest BCUT2D eigenvalue weighted by atomic mass is 127. The van der Waals surface area contributed by atoms with Gasteiger partial charge in [-0.05, 0) is 71.5 Å². The summed E-state index contributed by atoms with van der Waals surface area (Å²) in [5, 5.41) is 2.87. The van der Waals surface area contributed by atoms with Gasteiger partial charge in [0, 0.05) is 14.8 Å². The van der Waals surface area contributed by atoms with Crippen LogP contribution >= 0.6 is 22.6 Å². The van der Waals surface area contributed by atoms with Gasteiger partial charge in [0.1, 0.15) is 0 Å². The van der Waals surface area contributed by atoms with Gasteiger partial charge in [-0.3, -0.25) is 4.79 Å². The molecule has 0 unspecified atom stereocenters. The first-order valence-corrected chi connectivity index (χ1v) is 8.59. The maximum atomic E-state index is 12.3. The zero-order chi connectivity index (χ0) is 16.7. The molecule has 5 heteroatoms. The molecule has 0 saturated carbocycles. The number of nitrogens with one attached hydrogen (secondary N) is 1. The fourth-order valence-corrected chi connectivity index (χ4v) is 2.35. The van der Waals surface area contributed by atoms with Crippen molar-refractivity contribution in [1.29, 1.82) is 0 Å². The van der Waals surface area contributed by atoms with Gasteiger partial charge in [0.15, 0.2) is 11.5 Å². The SMILES string of the molecule is CCCCOc1ccc(C(=O)Nc2ccc(I)cc2)cc1OC. The van der Waals surface area contributed by atoms with E-state index < -0.39 is 0 Å². The Morgan fingerprint density at radius 2 is 1.87 bits per heavy atom. The molecule has 0 spiro atoms. The van der Waals surface area contributed by atoms with Gasteiger partial charge in [-0.25, -0.2) is 0 Å². The lowest BCUT2D eigenvalue weighted by molar-refractivity contribution is 0.102. The van der Waals surface area contributed by atoms with Crippen LogP contribution in [0.3, 0.4) is 0 Å². The van der Waals surface area contributed by atoms with E-state index in [9.17, 15) is 4.79 Å². The third-order valence-corrected chi connectivity index (χ3v) is 4.00. The number of anilines is 1. The molecule has 0 fully saturated rings. The highest BCUT2D eigenvalue weighted by Gasteiger charge is 2.11. The van der Waals surface area contributed by atoms with Crippen molar-refractivity contribution in [3.8, 4) is 11.5 Å². The maximum Gasteiger partial charge on any atom is 0.255 e. The number of halogens is 1. The molecule has 0 heterocycles. The van der Waals surface area contributed by atoms with Crippen LogP contribution < -0.4 is 14.8 Å². The first kappa shape index (κ1) is 17.6. The summed E-state index contributed by atoms with van der Waals surface area (Å²) < 4.78 is 12.1. The number of amides is 1. The first-order valence-electron chi connectivity index (χ1n) is 7.51. The molecule has 0 saturated heterocycles. The fourth-order valence-electron chi connectivity index (χ4n) is 1.99. The van der Waals surface area contributed by atoms with Crippen LogP contribution in [0.1, 0.15) is 30.1 Å². The number of hydrogen-bond donors (Lipinski definition) is 1. The van der Waals surface area contributed by atoms with Crippen LogP contribution in [-0.4, -0.2) is 19.6 Å². The average molecular weight is 425 g/mol. The molecule has 23 heavy (non-hydrogen) atoms. The number of carbonyl (C=O) groups is 1. The van der Waals surface area contributed by atoms with Gasteiger partial charge in [0.25, 0.3) is 5.91 Å². The van der Waals surface area contributed by atoms with Crippen molar-refractivity contribution in [3.63, 3.8) is 0 Å². The third kappa shape index (κ3) is 5.13. The summed E-state index contributed by atoms with van der Waals surface area (Å²) in [7, 11) is 1.57. The van der Waals surface area contributed by atoms with Crippen molar-refractivity contribution in [2.75, 3.05) is 19.0 Å². The topological polar surface area (TPSA) is 47.6 Å². The predicted octanol–water partition coefficient (Wildman–Crippen LogP) is 4.73. The fraction of sp³-hybridized carbons (Fsp3) is 0.278. The monoisotopic (exact) mass is 425 g/mol. The Kier molecular flexibility index (Phi) is 6.70. The number of ether oxygens (including phenoxy) is 2. The van der Waals surface area contributed by atoms with Gasteiger partial charge >= 0.3 is 0 Å². The highest BCUT2D eigenvalue weighted by Crippen LogP contribution is 2.28. The summed E-state index contributed by atoms with van der Waals surface area (Å²) in [4.78, 5) is 12.3. The summed E-state index contributed by atoms with van der Waals surface area (Å²) in [6.07, 6.45) is 2.05. The minimum Gasteiger partial charge on any atom is -0.493 e. The van der Waals surface area contributed by atoms with Crippen LogP contribution in [0.25, 0.3) is 0 Å². The van der Waals surface area contributed by atoms with Gasteiger partial charge in [0.05, 0.1) is 13.7 Å². The van der Waals surface area contributed by atoms with E-state index in [0.717, 1.165) is 22.1 Å². The van der Waals surface area contributed by atoms with Crippen LogP contribution in [0.2, 0.25) is 0 Å². The van der Waals surface area contributed by atoms with Crippen LogP contribution in [-0.2, 0) is 0 Å². The lowest BCUT2D eigenvalue weighted by atomic mass is 10.2. The van der Waals surface area contributed by atoms with Crippen molar-refractivity contribution >= 4 is 34.2 Å². The van der Waals surface area contributed by atoms with Gasteiger partial charge in [-0.15, -0.1) is 0 Å². The summed E-state index contributed by atoms with van der Waals surface area (Å²) in [6, 6.07) is 12.9. The summed E-state index contributed by atoms with van der Waals surface area (Å²) in [6.45, 7) is 2.75. The Labute approximate surface area is 150 Å². The summed E-state index contributed by atoms with van der Waals surface area (Å²) in [5.74, 6) is 1.05. The molecule has 0 aliphatic heterocycles. The van der Waals surface area contributed by atoms with Crippen LogP contribution in [0.5, 0.6) is 11.5 Å². The Morgan fingerprint density at radius 1 is 1.13 bits per heavy atom. The van der Waals surface area contributed by atoms with Crippen LogP contribution in [0, 0.1) is 3.57 Å². The molecule has 0 aliphatic rings. The summed E-state index contributed by atoms with van der Waals surface area (Å²) in [5.41, 5.74) is 1.29. The second-order valence-corrected chi connectivity index (χ2v) is 6.27. The largest absolute Gasteiger partial charge is 0.493 e. The Balaban J connectivity index is 2.09. The number of carbonyl (C=O) groups excluding carboxylic acids is 1. The number of unbranched alkanes of at least 4 members (excludes halogenated alkanes) is 1. The molecular weight excluding hydrogens is 405 g/mol. The molecule has 4 nitrogen and oxygen atoms in total. The van der Waals surface area contributed by atoms with E-state index in [1.165, 1.54) is 0 Å². The smallest absolute Gasteiger partial charge is 0.255 e. The quantitative estimate of drug-likeness (QED) is 0.516. The Morgan fingerprint density at radius 3 is 2.52 bits per heavy atom. The molecule has 1 N–H and O–H groups in total. The van der Waals surface area contributed by atoms with Crippen molar-refractivity contribution in [2.45, 2.75) is 19.8 Å². The van der Waals surface area contributed by atoms with E-state index in [1.54, 1.807) is 25.3 Å². The van der Waals surface area contributed by atoms with E-state index >= 15 is 0 Å². The van der Waals surface area contributed by atoms with Gasteiger partial charge in [0.2, 0.25) is 0 Å². The first-order chi connectivity index (χ1) is 11.1. The lowest BCUT2D eigenvalue weighted by Crippen LogP contribution is -2.12. The third-order valence-electron chi connectivity index (χ3n) is 3.28. The standard InChI is InChI=1S/C18H20INO3/c1-3-4-11-23-16-10-5-13(12-17(16)22-2)18(21)20-15-8-6-14(19)7-9-15/h5-10,12H,3-4,11H2,1-2H3,(H,20,21). The molecule has 0 aliphatic carbocycles. The zero-order valence-electron chi connectivity index (χ0n) is 13.3. The minimum absolute atomic E-state index is 0.176. The molecule has 0 bridgehead atoms. The lowest BCUT2D eigenvalue weighted by Gasteiger charge is -2.12. The van der Waals surface area contributed by atoms with Gasteiger partial charge < -0.3 is 14.8 Å². The predicted molar refractivity (Wildman–Crippen MR) is 101 cm³/mol. The summed E-state index contributed by atoms with van der Waals surface area (Å²) >= 11 is 2.23. The van der Waals surface area contributed by atoms with Crippen molar-refractivity contribution in [1.82, 2.24) is 0 Å². The Hall–Kier alpha value is -1.76. The number of benzene rings is 2. The number of rotatable bonds is 7. The number of hydrogen-bond acceptors (Lipinski definition) is 3. The molecule has 122 valence electrons. The van der Waals surface area contributed by atoms with E-state index in [1.807, 2.05) is 24.3 Å². The molecule has 0 atom stereocenters. The van der Waals surface area contributed by atoms with E-state index in [0.29, 0.717) is 23.7 Å². The molecule has 2 aromatic rings. The maximum absolute atomic E-state index is 12.3. The molecule has 0 aromatic heterocycles. The average Bonchev–Trinajstić information content (AvgIpc) is 2.57. The van der Waals surface area contributed by atoms with Gasteiger partial charge in [-0.1, -0.05) is 13.3 Å². The molecular formula is C18H20INO3. The second kappa shape index (κ2) is 8.76. The van der Waals surface area contributed by atoms with E-state index in [2.05, 4.69) is 34.8 Å². The van der Waals surface area contributed by atoms with Crippen LogP contribution in [0.4, 0.5) is 5.69 Å². The van der Waals surface area contributed by atoms with Crippen molar-refractivity contribution in [3.05, 3.63) is 51.6 Å². The second-order valence-electron chi connectivity index (χ2n) is 5.03. The van der Waals surface area contributed by atoms with Gasteiger partial charge in [-0.2, -0.15) is 0 Å². The normalized spacial score (nSPS) is 10.2. The highest BCUT2D eigenvalue weighted by molar-refractivity contribution is 14.1. The van der Waals surface area contributed by atoms with Crippen LogP contribution in [0.15, 0.2) is 42.5 Å². The Bertz CT molecular complexity index is 656. The van der Waals surface area contributed by atoms with E-state index in [4.69, 9.17) is 9.47 Å². The van der Waals surface area contributed by atoms with Crippen molar-refractivity contribution in [2.24, 2.45) is 0 Å². The molecule has 1 amide bonds. The minimum atomic E-state index is -0.176. The zero-order valence-corrected chi connectivity index (χ0v) is 15.4. The number of methoxy groups -OCH3 is 1. The molecule has 0 radical (unpaired) electrons.